The van der Waals surface area contributed by atoms with Gasteiger partial charge in [0, 0.05) is 12.7 Å². The molecule has 0 bridgehead atoms. The molecule has 0 amide bonds. The summed E-state index contributed by atoms with van der Waals surface area (Å²) in [5, 5.41) is 3.22. The number of nitrogens with zero attached hydrogens (tertiary/aromatic N) is 1. The topological polar surface area (TPSA) is 15.3 Å². The molecule has 0 aliphatic heterocycles. The van der Waals surface area contributed by atoms with Crippen LogP contribution in [0.1, 0.15) is 28.3 Å². The van der Waals surface area contributed by atoms with Crippen LogP contribution < -0.4 is 5.32 Å². The Bertz CT molecular complexity index is 588. The van der Waals surface area contributed by atoms with E-state index in [0.717, 1.165) is 5.69 Å². The maximum atomic E-state index is 3.22. The first kappa shape index (κ1) is 14.6. The first-order valence-corrected chi connectivity index (χ1v) is 7.04. The zero-order chi connectivity index (χ0) is 14.7. The quantitative estimate of drug-likeness (QED) is 0.901. The molecule has 0 aliphatic carbocycles. The zero-order valence-corrected chi connectivity index (χ0v) is 13.1. The summed E-state index contributed by atoms with van der Waals surface area (Å²) in [6, 6.07) is 15.6. The summed E-state index contributed by atoms with van der Waals surface area (Å²) >= 11 is 0. The Morgan fingerprint density at radius 3 is 2.40 bits per heavy atom. The Labute approximate surface area is 122 Å². The first-order chi connectivity index (χ1) is 9.52. The highest BCUT2D eigenvalue weighted by Crippen LogP contribution is 2.31. The van der Waals surface area contributed by atoms with Gasteiger partial charge in [-0.05, 0) is 56.8 Å². The number of rotatable bonds is 4. The number of aryl methyl sites for hydroxylation is 2. The molecule has 106 valence electrons. The van der Waals surface area contributed by atoms with Crippen LogP contribution in [0.15, 0.2) is 42.5 Å². The molecule has 2 heteroatoms. The molecule has 0 saturated heterocycles. The molecule has 0 aliphatic rings. The van der Waals surface area contributed by atoms with Crippen LogP contribution in [0.5, 0.6) is 0 Å². The van der Waals surface area contributed by atoms with Gasteiger partial charge in [0.1, 0.15) is 0 Å². The van der Waals surface area contributed by atoms with Crippen molar-refractivity contribution < 1.29 is 0 Å². The monoisotopic (exact) mass is 268 g/mol. The maximum absolute atomic E-state index is 3.22. The molecule has 2 aromatic rings. The second kappa shape index (κ2) is 6.10. The average Bonchev–Trinajstić information content (AvgIpc) is 2.43. The molecule has 0 aromatic heterocycles. The second-order valence-electron chi connectivity index (χ2n) is 5.60. The summed E-state index contributed by atoms with van der Waals surface area (Å²) in [6.07, 6.45) is 0. The number of hydrogen-bond acceptors (Lipinski definition) is 2. The van der Waals surface area contributed by atoms with Crippen molar-refractivity contribution in [3.63, 3.8) is 0 Å². The van der Waals surface area contributed by atoms with E-state index in [9.17, 15) is 0 Å². The summed E-state index contributed by atoms with van der Waals surface area (Å²) < 4.78 is 0. The van der Waals surface area contributed by atoms with Crippen LogP contribution in [0.2, 0.25) is 0 Å². The summed E-state index contributed by atoms with van der Waals surface area (Å²) in [5.41, 5.74) is 6.49. The zero-order valence-electron chi connectivity index (χ0n) is 13.1. The minimum absolute atomic E-state index is 0.281. The highest BCUT2D eigenvalue weighted by atomic mass is 15.1. The molecule has 2 rings (SSSR count). The van der Waals surface area contributed by atoms with Gasteiger partial charge in [-0.1, -0.05) is 35.9 Å². The molecule has 0 saturated carbocycles. The Morgan fingerprint density at radius 1 is 1.00 bits per heavy atom. The standard InChI is InChI=1S/C18H24N2/c1-13-9-10-14(2)17(11-13)18(20(4)5)15-7-6-8-16(12-15)19-3/h6-12,18-19H,1-5H3. The van der Waals surface area contributed by atoms with E-state index in [1.165, 1.54) is 22.3 Å². The van der Waals surface area contributed by atoms with Crippen LogP contribution in [0.3, 0.4) is 0 Å². The van der Waals surface area contributed by atoms with Gasteiger partial charge in [0.25, 0.3) is 0 Å². The molecule has 0 radical (unpaired) electrons. The lowest BCUT2D eigenvalue weighted by Crippen LogP contribution is -2.22. The fourth-order valence-electron chi connectivity index (χ4n) is 2.67. The highest BCUT2D eigenvalue weighted by Gasteiger charge is 2.18. The van der Waals surface area contributed by atoms with Crippen molar-refractivity contribution in [2.24, 2.45) is 0 Å². The van der Waals surface area contributed by atoms with Crippen molar-refractivity contribution in [1.82, 2.24) is 4.90 Å². The molecule has 0 spiro atoms. The predicted molar refractivity (Wildman–Crippen MR) is 87.4 cm³/mol. The number of anilines is 1. The Hall–Kier alpha value is -1.80. The first-order valence-electron chi connectivity index (χ1n) is 7.04. The van der Waals surface area contributed by atoms with Crippen LogP contribution in [0, 0.1) is 13.8 Å². The van der Waals surface area contributed by atoms with Crippen molar-refractivity contribution in [2.45, 2.75) is 19.9 Å². The largest absolute Gasteiger partial charge is 0.388 e. The van der Waals surface area contributed by atoms with Crippen LogP contribution in [-0.4, -0.2) is 26.0 Å². The van der Waals surface area contributed by atoms with Gasteiger partial charge in [0.15, 0.2) is 0 Å². The summed E-state index contributed by atoms with van der Waals surface area (Å²) in [4.78, 5) is 2.27. The smallest absolute Gasteiger partial charge is 0.0600 e. The SMILES string of the molecule is CNc1cccc(C(c2cc(C)ccc2C)N(C)C)c1. The molecule has 1 unspecified atom stereocenters. The fourth-order valence-corrected chi connectivity index (χ4v) is 2.67. The molecule has 0 fully saturated rings. The number of benzene rings is 2. The lowest BCUT2D eigenvalue weighted by Gasteiger charge is -2.27. The third-order valence-corrected chi connectivity index (χ3v) is 3.74. The number of nitrogens with one attached hydrogen (secondary N) is 1. The highest BCUT2D eigenvalue weighted by molar-refractivity contribution is 5.48. The minimum atomic E-state index is 0.281. The molecule has 2 aromatic carbocycles. The van der Waals surface area contributed by atoms with Crippen molar-refractivity contribution in [2.75, 3.05) is 26.5 Å². The fraction of sp³-hybridized carbons (Fsp3) is 0.333. The third kappa shape index (κ3) is 3.02. The lowest BCUT2D eigenvalue weighted by molar-refractivity contribution is 0.341. The maximum Gasteiger partial charge on any atom is 0.0600 e. The summed E-state index contributed by atoms with van der Waals surface area (Å²) in [5.74, 6) is 0. The van der Waals surface area contributed by atoms with Gasteiger partial charge < -0.3 is 5.32 Å². The van der Waals surface area contributed by atoms with Crippen LogP contribution in [0.25, 0.3) is 0 Å². The van der Waals surface area contributed by atoms with E-state index in [2.05, 4.69) is 80.6 Å². The molecular formula is C18H24N2. The minimum Gasteiger partial charge on any atom is -0.388 e. The van der Waals surface area contributed by atoms with Gasteiger partial charge in [-0.25, -0.2) is 0 Å². The average molecular weight is 268 g/mol. The van der Waals surface area contributed by atoms with Gasteiger partial charge in [-0.15, -0.1) is 0 Å². The van der Waals surface area contributed by atoms with E-state index >= 15 is 0 Å². The second-order valence-corrected chi connectivity index (χ2v) is 5.60. The number of hydrogen-bond donors (Lipinski definition) is 1. The van der Waals surface area contributed by atoms with Crippen molar-refractivity contribution in [1.29, 1.82) is 0 Å². The van der Waals surface area contributed by atoms with Crippen LogP contribution in [-0.2, 0) is 0 Å². The van der Waals surface area contributed by atoms with Crippen molar-refractivity contribution in [3.05, 3.63) is 64.7 Å². The van der Waals surface area contributed by atoms with Crippen molar-refractivity contribution in [3.8, 4) is 0 Å². The van der Waals surface area contributed by atoms with E-state index in [1.54, 1.807) is 0 Å². The van der Waals surface area contributed by atoms with E-state index in [1.807, 2.05) is 7.05 Å². The summed E-state index contributed by atoms with van der Waals surface area (Å²) in [6.45, 7) is 4.34. The van der Waals surface area contributed by atoms with E-state index < -0.39 is 0 Å². The molecule has 2 nitrogen and oxygen atoms in total. The van der Waals surface area contributed by atoms with E-state index in [4.69, 9.17) is 0 Å². The summed E-state index contributed by atoms with van der Waals surface area (Å²) in [7, 11) is 6.23. The van der Waals surface area contributed by atoms with Gasteiger partial charge in [-0.2, -0.15) is 0 Å². The van der Waals surface area contributed by atoms with Crippen LogP contribution in [0.4, 0.5) is 5.69 Å². The van der Waals surface area contributed by atoms with Gasteiger partial charge in [0.05, 0.1) is 6.04 Å². The normalized spacial score (nSPS) is 12.5. The Morgan fingerprint density at radius 2 is 1.75 bits per heavy atom. The lowest BCUT2D eigenvalue weighted by atomic mass is 9.92. The predicted octanol–water partition coefficient (Wildman–Crippen LogP) is 4.00. The van der Waals surface area contributed by atoms with Gasteiger partial charge in [-0.3, -0.25) is 4.90 Å². The molecule has 20 heavy (non-hydrogen) atoms. The Balaban J connectivity index is 2.53. The van der Waals surface area contributed by atoms with Crippen molar-refractivity contribution >= 4 is 5.69 Å². The van der Waals surface area contributed by atoms with Gasteiger partial charge in [0.2, 0.25) is 0 Å². The molecule has 1 atom stereocenters. The Kier molecular flexibility index (Phi) is 4.46. The van der Waals surface area contributed by atoms with Crippen LogP contribution >= 0.6 is 0 Å². The molecule has 1 N–H and O–H groups in total. The van der Waals surface area contributed by atoms with E-state index in [0.29, 0.717) is 0 Å². The molecular weight excluding hydrogens is 244 g/mol. The molecule has 0 heterocycles. The third-order valence-electron chi connectivity index (χ3n) is 3.74. The van der Waals surface area contributed by atoms with E-state index in [-0.39, 0.29) is 6.04 Å². The van der Waals surface area contributed by atoms with Gasteiger partial charge >= 0.3 is 0 Å².